The zero-order valence-corrected chi connectivity index (χ0v) is 9.94. The molecule has 4 heteroatoms. The van der Waals surface area contributed by atoms with Crippen molar-refractivity contribution in [2.24, 2.45) is 0 Å². The van der Waals surface area contributed by atoms with Crippen molar-refractivity contribution in [2.45, 2.75) is 20.5 Å². The van der Waals surface area contributed by atoms with Gasteiger partial charge in [-0.15, -0.1) is 0 Å². The third-order valence-corrected chi connectivity index (χ3v) is 2.59. The first kappa shape index (κ1) is 11.5. The average molecular weight is 229 g/mol. The van der Waals surface area contributed by atoms with Crippen molar-refractivity contribution in [1.82, 2.24) is 9.97 Å². The standard InChI is InChI=1S/C13H15N3O/c1-9-3-4-12(10(2)5-9)16-13-11(7-17)6-14-8-15-13/h3-6,8,17H,7H2,1-2H3,(H,14,15,16). The quantitative estimate of drug-likeness (QED) is 0.848. The number of aliphatic hydroxyl groups excluding tert-OH is 1. The number of rotatable bonds is 3. The van der Waals surface area contributed by atoms with Crippen LogP contribution in [0.1, 0.15) is 16.7 Å². The van der Waals surface area contributed by atoms with E-state index in [9.17, 15) is 5.11 Å². The van der Waals surface area contributed by atoms with Gasteiger partial charge in [-0.1, -0.05) is 17.7 Å². The topological polar surface area (TPSA) is 58.0 Å². The molecule has 2 aromatic rings. The van der Waals surface area contributed by atoms with E-state index in [0.29, 0.717) is 11.4 Å². The van der Waals surface area contributed by atoms with Crippen LogP contribution in [0.4, 0.5) is 11.5 Å². The lowest BCUT2D eigenvalue weighted by molar-refractivity contribution is 0.281. The zero-order chi connectivity index (χ0) is 12.3. The summed E-state index contributed by atoms with van der Waals surface area (Å²) in [5, 5.41) is 12.4. The van der Waals surface area contributed by atoms with Gasteiger partial charge in [0.15, 0.2) is 0 Å². The average Bonchev–Trinajstić information content (AvgIpc) is 2.33. The van der Waals surface area contributed by atoms with Gasteiger partial charge in [0.25, 0.3) is 0 Å². The van der Waals surface area contributed by atoms with E-state index in [4.69, 9.17) is 0 Å². The van der Waals surface area contributed by atoms with Crippen LogP contribution < -0.4 is 5.32 Å². The molecule has 0 atom stereocenters. The fraction of sp³-hybridized carbons (Fsp3) is 0.231. The first-order chi connectivity index (χ1) is 8.20. The first-order valence-corrected chi connectivity index (χ1v) is 5.44. The Labute approximate surface area is 100 Å². The number of hydrogen-bond donors (Lipinski definition) is 2. The van der Waals surface area contributed by atoms with E-state index in [1.165, 1.54) is 11.9 Å². The Morgan fingerprint density at radius 3 is 2.82 bits per heavy atom. The van der Waals surface area contributed by atoms with Gasteiger partial charge < -0.3 is 10.4 Å². The van der Waals surface area contributed by atoms with Crippen LogP contribution in [-0.2, 0) is 6.61 Å². The molecule has 17 heavy (non-hydrogen) atoms. The number of aromatic nitrogens is 2. The number of nitrogens with one attached hydrogen (secondary N) is 1. The van der Waals surface area contributed by atoms with Crippen LogP contribution in [0.5, 0.6) is 0 Å². The highest BCUT2D eigenvalue weighted by Crippen LogP contribution is 2.21. The Kier molecular flexibility index (Phi) is 3.35. The molecule has 4 nitrogen and oxygen atoms in total. The SMILES string of the molecule is Cc1ccc(Nc2ncncc2CO)c(C)c1. The summed E-state index contributed by atoms with van der Waals surface area (Å²) >= 11 is 0. The van der Waals surface area contributed by atoms with E-state index >= 15 is 0 Å². The molecule has 2 N–H and O–H groups in total. The van der Waals surface area contributed by atoms with Gasteiger partial charge in [0.1, 0.15) is 12.1 Å². The van der Waals surface area contributed by atoms with Crippen molar-refractivity contribution in [2.75, 3.05) is 5.32 Å². The molecule has 1 aromatic heterocycles. The second-order valence-corrected chi connectivity index (χ2v) is 4.00. The Balaban J connectivity index is 2.31. The molecule has 0 spiro atoms. The van der Waals surface area contributed by atoms with Gasteiger partial charge in [-0.25, -0.2) is 9.97 Å². The van der Waals surface area contributed by atoms with Crippen LogP contribution in [0.2, 0.25) is 0 Å². The normalized spacial score (nSPS) is 10.3. The van der Waals surface area contributed by atoms with E-state index in [0.717, 1.165) is 11.3 Å². The molecule has 88 valence electrons. The monoisotopic (exact) mass is 229 g/mol. The summed E-state index contributed by atoms with van der Waals surface area (Å²) in [4.78, 5) is 8.01. The molecule has 0 unspecified atom stereocenters. The molecular weight excluding hydrogens is 214 g/mol. The van der Waals surface area contributed by atoms with E-state index in [1.54, 1.807) is 6.20 Å². The highest BCUT2D eigenvalue weighted by Gasteiger charge is 2.05. The molecule has 0 saturated heterocycles. The van der Waals surface area contributed by atoms with E-state index in [-0.39, 0.29) is 6.61 Å². The minimum atomic E-state index is -0.0753. The number of aliphatic hydroxyl groups is 1. The third kappa shape index (κ3) is 2.60. The summed E-state index contributed by atoms with van der Waals surface area (Å²) in [5.41, 5.74) is 4.04. The maximum Gasteiger partial charge on any atom is 0.139 e. The van der Waals surface area contributed by atoms with Crippen LogP contribution in [0, 0.1) is 13.8 Å². The van der Waals surface area contributed by atoms with E-state index < -0.39 is 0 Å². The highest BCUT2D eigenvalue weighted by atomic mass is 16.3. The molecule has 1 heterocycles. The van der Waals surface area contributed by atoms with E-state index in [1.807, 2.05) is 19.1 Å². The minimum absolute atomic E-state index is 0.0753. The summed E-state index contributed by atoms with van der Waals surface area (Å²) in [7, 11) is 0. The number of nitrogens with zero attached hydrogens (tertiary/aromatic N) is 2. The number of aryl methyl sites for hydroxylation is 2. The molecular formula is C13H15N3O. The number of hydrogen-bond acceptors (Lipinski definition) is 4. The summed E-state index contributed by atoms with van der Waals surface area (Å²) in [6, 6.07) is 6.14. The lowest BCUT2D eigenvalue weighted by atomic mass is 10.1. The Morgan fingerprint density at radius 2 is 2.12 bits per heavy atom. The largest absolute Gasteiger partial charge is 0.391 e. The molecule has 1 aromatic carbocycles. The van der Waals surface area contributed by atoms with Gasteiger partial charge in [-0.05, 0) is 25.5 Å². The molecule has 0 radical (unpaired) electrons. The molecule has 0 amide bonds. The predicted molar refractivity (Wildman–Crippen MR) is 67.2 cm³/mol. The first-order valence-electron chi connectivity index (χ1n) is 5.44. The molecule has 0 aliphatic rings. The maximum absolute atomic E-state index is 9.19. The second kappa shape index (κ2) is 4.93. The Hall–Kier alpha value is -1.94. The van der Waals surface area contributed by atoms with Crippen LogP contribution in [0.15, 0.2) is 30.7 Å². The van der Waals surface area contributed by atoms with Gasteiger partial charge >= 0.3 is 0 Å². The van der Waals surface area contributed by atoms with Gasteiger partial charge in [0.2, 0.25) is 0 Å². The summed E-state index contributed by atoms with van der Waals surface area (Å²) in [6.45, 7) is 4.02. The second-order valence-electron chi connectivity index (χ2n) is 4.00. The van der Waals surface area contributed by atoms with E-state index in [2.05, 4.69) is 28.3 Å². The molecule has 0 bridgehead atoms. The summed E-state index contributed by atoms with van der Waals surface area (Å²) < 4.78 is 0. The molecule has 0 aliphatic heterocycles. The van der Waals surface area contributed by atoms with Crippen LogP contribution >= 0.6 is 0 Å². The Morgan fingerprint density at radius 1 is 1.29 bits per heavy atom. The van der Waals surface area contributed by atoms with Crippen LogP contribution in [0.25, 0.3) is 0 Å². The number of anilines is 2. The van der Waals surface area contributed by atoms with Crippen molar-refractivity contribution in [3.63, 3.8) is 0 Å². The van der Waals surface area contributed by atoms with Gasteiger partial charge in [-0.3, -0.25) is 0 Å². The smallest absolute Gasteiger partial charge is 0.139 e. The van der Waals surface area contributed by atoms with Crippen molar-refractivity contribution in [1.29, 1.82) is 0 Å². The lowest BCUT2D eigenvalue weighted by Crippen LogP contribution is -2.01. The van der Waals surface area contributed by atoms with Gasteiger partial charge in [0, 0.05) is 17.4 Å². The zero-order valence-electron chi connectivity index (χ0n) is 9.94. The van der Waals surface area contributed by atoms with Crippen molar-refractivity contribution in [3.8, 4) is 0 Å². The highest BCUT2D eigenvalue weighted by molar-refractivity contribution is 5.62. The van der Waals surface area contributed by atoms with Gasteiger partial charge in [-0.2, -0.15) is 0 Å². The maximum atomic E-state index is 9.19. The molecule has 0 fully saturated rings. The molecule has 0 aliphatic carbocycles. The summed E-state index contributed by atoms with van der Waals surface area (Å²) in [5.74, 6) is 0.648. The molecule has 2 rings (SSSR count). The van der Waals surface area contributed by atoms with Crippen molar-refractivity contribution < 1.29 is 5.11 Å². The van der Waals surface area contributed by atoms with Gasteiger partial charge in [0.05, 0.1) is 6.61 Å². The fourth-order valence-electron chi connectivity index (χ4n) is 1.67. The third-order valence-electron chi connectivity index (χ3n) is 2.59. The lowest BCUT2D eigenvalue weighted by Gasteiger charge is -2.11. The van der Waals surface area contributed by atoms with Crippen LogP contribution in [0.3, 0.4) is 0 Å². The summed E-state index contributed by atoms with van der Waals surface area (Å²) in [6.07, 6.45) is 3.07. The fourth-order valence-corrected chi connectivity index (χ4v) is 1.67. The van der Waals surface area contributed by atoms with Crippen LogP contribution in [-0.4, -0.2) is 15.1 Å². The molecule has 0 saturated carbocycles. The minimum Gasteiger partial charge on any atom is -0.391 e. The predicted octanol–water partition coefficient (Wildman–Crippen LogP) is 2.33. The number of benzene rings is 1. The Bertz CT molecular complexity index is 526. The van der Waals surface area contributed by atoms with Crippen molar-refractivity contribution >= 4 is 11.5 Å². The van der Waals surface area contributed by atoms with Crippen molar-refractivity contribution in [3.05, 3.63) is 47.4 Å².